The van der Waals surface area contributed by atoms with Gasteiger partial charge in [-0.3, -0.25) is 9.36 Å². The minimum absolute atomic E-state index is 0.188. The number of anilines is 1. The summed E-state index contributed by atoms with van der Waals surface area (Å²) in [4.78, 5) is 28.3. The summed E-state index contributed by atoms with van der Waals surface area (Å²) in [5.41, 5.74) is 5.13. The van der Waals surface area contributed by atoms with Crippen LogP contribution in [0.3, 0.4) is 0 Å². The van der Waals surface area contributed by atoms with Crippen molar-refractivity contribution >= 4 is 22.9 Å². The Labute approximate surface area is 179 Å². The van der Waals surface area contributed by atoms with Gasteiger partial charge >= 0.3 is 5.69 Å². The van der Waals surface area contributed by atoms with Crippen molar-refractivity contribution < 1.29 is 18.3 Å². The molecule has 0 aliphatic carbocycles. The fraction of sp³-hybridized carbons (Fsp3) is 0.250. The van der Waals surface area contributed by atoms with E-state index in [9.17, 15) is 18.4 Å². The lowest BCUT2D eigenvalue weighted by Crippen LogP contribution is -2.37. The molecule has 31 heavy (non-hydrogen) atoms. The minimum atomic E-state index is -1.91. The first-order valence-corrected chi connectivity index (χ1v) is 10.2. The number of aromatic nitrogens is 3. The summed E-state index contributed by atoms with van der Waals surface area (Å²) < 4.78 is 33.8. The number of rotatable bonds is 6. The summed E-state index contributed by atoms with van der Waals surface area (Å²) in [5.74, 6) is 0.428. The number of carbonyl (C=O) groups excluding carboxylic acids is 1. The van der Waals surface area contributed by atoms with E-state index in [0.717, 1.165) is 9.56 Å². The average molecular weight is 447 g/mol. The van der Waals surface area contributed by atoms with E-state index < -0.39 is 17.9 Å². The van der Waals surface area contributed by atoms with Crippen LogP contribution in [0.15, 0.2) is 59.2 Å². The summed E-state index contributed by atoms with van der Waals surface area (Å²) in [5, 5.41) is 3.89. The second-order valence-corrected chi connectivity index (χ2v) is 8.13. The van der Waals surface area contributed by atoms with Crippen molar-refractivity contribution in [2.75, 3.05) is 18.5 Å². The molecule has 1 aliphatic heterocycles. The lowest BCUT2D eigenvalue weighted by Gasteiger charge is -2.31. The molecule has 1 aromatic carbocycles. The number of benzene rings is 1. The van der Waals surface area contributed by atoms with Gasteiger partial charge in [0.05, 0.1) is 23.7 Å². The van der Waals surface area contributed by atoms with Crippen molar-refractivity contribution in [1.29, 1.82) is 0 Å². The molecule has 162 valence electrons. The third-order valence-electron chi connectivity index (χ3n) is 4.94. The zero-order valence-electron chi connectivity index (χ0n) is 16.5. The number of amides is 1. The molecule has 2 N–H and O–H groups in total. The van der Waals surface area contributed by atoms with Crippen molar-refractivity contribution in [3.05, 3.63) is 74.6 Å². The first-order valence-electron chi connectivity index (χ1n) is 9.36. The predicted octanol–water partition coefficient (Wildman–Crippen LogP) is 2.36. The van der Waals surface area contributed by atoms with Gasteiger partial charge in [0.2, 0.25) is 6.10 Å². The van der Waals surface area contributed by atoms with Crippen molar-refractivity contribution in [2.24, 2.45) is 5.73 Å². The van der Waals surface area contributed by atoms with Gasteiger partial charge in [-0.05, 0) is 24.3 Å². The van der Waals surface area contributed by atoms with E-state index >= 15 is 0 Å². The molecule has 1 aliphatic rings. The van der Waals surface area contributed by atoms with Crippen LogP contribution in [0.2, 0.25) is 0 Å². The molecule has 0 saturated heterocycles. The second-order valence-electron chi connectivity index (χ2n) is 6.93. The van der Waals surface area contributed by atoms with Gasteiger partial charge in [0, 0.05) is 24.0 Å². The number of nitrogens with two attached hydrogens (primary N) is 1. The molecule has 4 rings (SSSR count). The molecule has 1 amide bonds. The number of para-hydroxylation sites is 2. The molecule has 0 saturated carbocycles. The summed E-state index contributed by atoms with van der Waals surface area (Å²) in [6, 6.07) is 10.9. The molecule has 8 nitrogen and oxygen atoms in total. The number of nitrogens with zero attached hydrogens (tertiary/aromatic N) is 4. The number of ether oxygens (including phenoxy) is 1. The molecular weight excluding hydrogens is 428 g/mol. The lowest BCUT2D eigenvalue weighted by molar-refractivity contribution is -0.126. The maximum atomic E-state index is 12.8. The Morgan fingerprint density at radius 2 is 2.00 bits per heavy atom. The number of carbonyl (C=O) groups is 1. The molecule has 11 heteroatoms. The molecule has 3 heterocycles. The van der Waals surface area contributed by atoms with Crippen LogP contribution in [0.4, 0.5) is 14.5 Å². The summed E-state index contributed by atoms with van der Waals surface area (Å²) in [6.07, 6.45) is -1.39. The van der Waals surface area contributed by atoms with E-state index in [1.165, 1.54) is 22.2 Å². The highest BCUT2D eigenvalue weighted by molar-refractivity contribution is 7.12. The van der Waals surface area contributed by atoms with Crippen molar-refractivity contribution in [2.45, 2.75) is 19.2 Å². The Morgan fingerprint density at radius 3 is 2.74 bits per heavy atom. The number of halogens is 2. The molecule has 0 bridgehead atoms. The van der Waals surface area contributed by atoms with Crippen LogP contribution in [0.5, 0.6) is 5.75 Å². The van der Waals surface area contributed by atoms with E-state index in [-0.39, 0.29) is 31.1 Å². The maximum Gasteiger partial charge on any atom is 0.346 e. The number of hydrogen-bond acceptors (Lipinski definition) is 6. The van der Waals surface area contributed by atoms with E-state index in [1.54, 1.807) is 30.1 Å². The third-order valence-corrected chi connectivity index (χ3v) is 6.06. The van der Waals surface area contributed by atoms with Crippen LogP contribution >= 0.6 is 11.3 Å². The summed E-state index contributed by atoms with van der Waals surface area (Å²) >= 11 is 1.34. The Balaban J connectivity index is 1.53. The van der Waals surface area contributed by atoms with Gasteiger partial charge < -0.3 is 15.4 Å². The Kier molecular flexibility index (Phi) is 5.70. The number of fused-ring (bicyclic) bond motifs is 1. The van der Waals surface area contributed by atoms with Crippen LogP contribution in [0.25, 0.3) is 0 Å². The normalized spacial score (nSPS) is 15.5. The third kappa shape index (κ3) is 4.01. The Morgan fingerprint density at radius 1 is 1.23 bits per heavy atom. The van der Waals surface area contributed by atoms with Crippen LogP contribution in [-0.2, 0) is 17.9 Å². The number of thiophene rings is 1. The fourth-order valence-corrected chi connectivity index (χ4v) is 4.28. The maximum absolute atomic E-state index is 12.8. The largest absolute Gasteiger partial charge is 0.473 e. The molecular formula is C20H19F2N5O3S. The second kappa shape index (κ2) is 8.44. The zero-order chi connectivity index (χ0) is 22.1. The molecule has 0 spiro atoms. The van der Waals surface area contributed by atoms with E-state index in [1.807, 2.05) is 18.2 Å². The standard InChI is InChI=1S/C20H19F2N5O3S/c1-25-14-4-2-3-5-15(14)30-17(19(25)28)16-7-6-13(31-16)10-26-11-24-27(20(26)29)9-12(8-23)18(21)22/h2-7,11,17H,8-10,23H2,1H3. The fourth-order valence-electron chi connectivity index (χ4n) is 3.24. The van der Waals surface area contributed by atoms with Gasteiger partial charge in [0.15, 0.2) is 0 Å². The van der Waals surface area contributed by atoms with Crippen LogP contribution < -0.4 is 21.1 Å². The molecule has 0 radical (unpaired) electrons. The van der Waals surface area contributed by atoms with Gasteiger partial charge in [-0.15, -0.1) is 11.3 Å². The van der Waals surface area contributed by atoms with E-state index in [2.05, 4.69) is 5.10 Å². The monoisotopic (exact) mass is 447 g/mol. The van der Waals surface area contributed by atoms with Gasteiger partial charge in [-0.25, -0.2) is 9.48 Å². The number of hydrogen-bond donors (Lipinski definition) is 1. The topological polar surface area (TPSA) is 95.4 Å². The highest BCUT2D eigenvalue weighted by atomic mass is 32.1. The Hall–Kier alpha value is -3.31. The first kappa shape index (κ1) is 20.9. The van der Waals surface area contributed by atoms with E-state index in [0.29, 0.717) is 16.3 Å². The summed E-state index contributed by atoms with van der Waals surface area (Å²) in [7, 11) is 1.70. The quantitative estimate of drug-likeness (QED) is 0.626. The highest BCUT2D eigenvalue weighted by Crippen LogP contribution is 2.39. The highest BCUT2D eigenvalue weighted by Gasteiger charge is 2.34. The molecule has 1 unspecified atom stereocenters. The Bertz CT molecular complexity index is 1210. The van der Waals surface area contributed by atoms with Crippen molar-refractivity contribution in [3.63, 3.8) is 0 Å². The van der Waals surface area contributed by atoms with Gasteiger partial charge in [-0.2, -0.15) is 13.9 Å². The average Bonchev–Trinajstić information content (AvgIpc) is 3.36. The molecule has 0 fully saturated rings. The predicted molar refractivity (Wildman–Crippen MR) is 111 cm³/mol. The van der Waals surface area contributed by atoms with Gasteiger partial charge in [0.1, 0.15) is 12.1 Å². The molecule has 3 aromatic rings. The lowest BCUT2D eigenvalue weighted by atomic mass is 10.1. The van der Waals surface area contributed by atoms with Crippen LogP contribution in [0, 0.1) is 0 Å². The van der Waals surface area contributed by atoms with Crippen LogP contribution in [0.1, 0.15) is 15.9 Å². The molecule has 1 atom stereocenters. The van der Waals surface area contributed by atoms with Crippen molar-refractivity contribution in [1.82, 2.24) is 14.3 Å². The summed E-state index contributed by atoms with van der Waals surface area (Å²) in [6.45, 7) is -0.532. The van der Waals surface area contributed by atoms with Crippen molar-refractivity contribution in [3.8, 4) is 5.75 Å². The van der Waals surface area contributed by atoms with Gasteiger partial charge in [0.25, 0.3) is 12.0 Å². The van der Waals surface area contributed by atoms with Gasteiger partial charge in [-0.1, -0.05) is 12.1 Å². The van der Waals surface area contributed by atoms with E-state index in [4.69, 9.17) is 10.5 Å². The first-order chi connectivity index (χ1) is 14.9. The number of likely N-dealkylation sites (N-methyl/N-ethyl adjacent to an activating group) is 1. The molecule has 2 aromatic heterocycles. The minimum Gasteiger partial charge on any atom is -0.473 e. The SMILES string of the molecule is CN1C(=O)C(c2ccc(Cn3cnn(CC(CN)=C(F)F)c3=O)s2)Oc2ccccc21. The zero-order valence-corrected chi connectivity index (χ0v) is 17.3. The van der Waals surface area contributed by atoms with Crippen LogP contribution in [-0.4, -0.2) is 33.8 Å². The smallest absolute Gasteiger partial charge is 0.346 e.